The predicted octanol–water partition coefficient (Wildman–Crippen LogP) is 1.63. The van der Waals surface area contributed by atoms with Crippen LogP contribution in [0.2, 0.25) is 0 Å². The van der Waals surface area contributed by atoms with E-state index in [0.717, 1.165) is 0 Å². The van der Waals surface area contributed by atoms with Crippen LogP contribution in [-0.4, -0.2) is 20.9 Å². The van der Waals surface area contributed by atoms with Crippen molar-refractivity contribution in [3.05, 3.63) is 20.2 Å². The van der Waals surface area contributed by atoms with Crippen LogP contribution in [-0.2, 0) is 0 Å². The highest BCUT2D eigenvalue weighted by atomic mass is 16.6. The first-order chi connectivity index (χ1) is 6.34. The molecule has 0 bridgehead atoms. The van der Waals surface area contributed by atoms with Gasteiger partial charge in [0.1, 0.15) is 0 Å². The van der Waals surface area contributed by atoms with Gasteiger partial charge in [0.25, 0.3) is 11.1 Å². The van der Waals surface area contributed by atoms with Gasteiger partial charge in [0, 0.05) is 36.5 Å². The van der Waals surface area contributed by atoms with Gasteiger partial charge in [-0.1, -0.05) is 0 Å². The van der Waals surface area contributed by atoms with Gasteiger partial charge in [0.15, 0.2) is 0 Å². The van der Waals surface area contributed by atoms with Crippen molar-refractivity contribution in [2.45, 2.75) is 50.6 Å². The summed E-state index contributed by atoms with van der Waals surface area (Å²) >= 11 is 0. The van der Waals surface area contributed by atoms with Gasteiger partial charge in [-0.2, -0.15) is 0 Å². The molecule has 2 unspecified atom stereocenters. The van der Waals surface area contributed by atoms with E-state index in [9.17, 15) is 20.2 Å². The second-order valence-corrected chi connectivity index (χ2v) is 4.27. The largest absolute Gasteiger partial charge is 0.287 e. The summed E-state index contributed by atoms with van der Waals surface area (Å²) < 4.78 is 0. The maximum Gasteiger partial charge on any atom is 0.287 e. The normalized spacial score (nSPS) is 37.9. The van der Waals surface area contributed by atoms with Gasteiger partial charge in [-0.25, -0.2) is 0 Å². The predicted molar refractivity (Wildman–Crippen MR) is 49.3 cm³/mol. The molecule has 0 spiro atoms. The molecule has 14 heavy (non-hydrogen) atoms. The standard InChI is InChI=1S/C8H14N2O4/c1-7(9(11)12)5-3-4-6-8(7,2)10(13)14/h3-6H2,1-2H3. The van der Waals surface area contributed by atoms with Gasteiger partial charge in [0.2, 0.25) is 0 Å². The van der Waals surface area contributed by atoms with Crippen LogP contribution in [0.4, 0.5) is 0 Å². The Morgan fingerprint density at radius 1 is 0.929 bits per heavy atom. The molecule has 0 N–H and O–H groups in total. The Labute approximate surface area is 81.6 Å². The van der Waals surface area contributed by atoms with E-state index in [-0.39, 0.29) is 12.8 Å². The fourth-order valence-corrected chi connectivity index (χ4v) is 2.05. The van der Waals surface area contributed by atoms with Gasteiger partial charge in [-0.3, -0.25) is 20.2 Å². The van der Waals surface area contributed by atoms with Crippen molar-refractivity contribution in [3.8, 4) is 0 Å². The van der Waals surface area contributed by atoms with Gasteiger partial charge < -0.3 is 0 Å². The number of nitro groups is 2. The van der Waals surface area contributed by atoms with Crippen LogP contribution >= 0.6 is 0 Å². The first-order valence-electron chi connectivity index (χ1n) is 4.63. The zero-order valence-corrected chi connectivity index (χ0v) is 8.36. The molecule has 0 aromatic carbocycles. The molecule has 6 heteroatoms. The quantitative estimate of drug-likeness (QED) is 0.503. The first-order valence-corrected chi connectivity index (χ1v) is 4.63. The Hall–Kier alpha value is -1.20. The second-order valence-electron chi connectivity index (χ2n) is 4.27. The van der Waals surface area contributed by atoms with E-state index in [1.54, 1.807) is 0 Å². The van der Waals surface area contributed by atoms with E-state index in [1.165, 1.54) is 13.8 Å². The topological polar surface area (TPSA) is 86.3 Å². The molecule has 80 valence electrons. The number of nitrogens with zero attached hydrogens (tertiary/aromatic N) is 2. The third-order valence-electron chi connectivity index (χ3n) is 3.54. The van der Waals surface area contributed by atoms with E-state index in [2.05, 4.69) is 0 Å². The third kappa shape index (κ3) is 1.25. The highest BCUT2D eigenvalue weighted by molar-refractivity contribution is 4.97. The van der Waals surface area contributed by atoms with Crippen molar-refractivity contribution in [2.24, 2.45) is 0 Å². The van der Waals surface area contributed by atoms with Gasteiger partial charge in [-0.15, -0.1) is 0 Å². The summed E-state index contributed by atoms with van der Waals surface area (Å²) in [5.41, 5.74) is -2.84. The summed E-state index contributed by atoms with van der Waals surface area (Å²) in [6.45, 7) is 2.77. The average Bonchev–Trinajstić information content (AvgIpc) is 2.09. The number of hydrogen-bond donors (Lipinski definition) is 0. The molecule has 0 heterocycles. The average molecular weight is 202 g/mol. The summed E-state index contributed by atoms with van der Waals surface area (Å²) in [5.74, 6) is 0. The van der Waals surface area contributed by atoms with E-state index in [4.69, 9.17) is 0 Å². The summed E-state index contributed by atoms with van der Waals surface area (Å²) in [4.78, 5) is 20.8. The lowest BCUT2D eigenvalue weighted by Gasteiger charge is -2.35. The molecule has 0 saturated heterocycles. The van der Waals surface area contributed by atoms with E-state index in [1.807, 2.05) is 0 Å². The molecule has 1 fully saturated rings. The fraction of sp³-hybridized carbons (Fsp3) is 1.00. The molecule has 0 aromatic rings. The lowest BCUT2D eigenvalue weighted by molar-refractivity contribution is -0.685. The molecule has 1 aliphatic carbocycles. The van der Waals surface area contributed by atoms with E-state index >= 15 is 0 Å². The zero-order chi connectivity index (χ0) is 11.0. The van der Waals surface area contributed by atoms with Gasteiger partial charge in [-0.05, 0) is 12.8 Å². The van der Waals surface area contributed by atoms with Crippen molar-refractivity contribution in [3.63, 3.8) is 0 Å². The van der Waals surface area contributed by atoms with Crippen LogP contribution < -0.4 is 0 Å². The van der Waals surface area contributed by atoms with Crippen molar-refractivity contribution in [1.29, 1.82) is 0 Å². The van der Waals surface area contributed by atoms with Crippen molar-refractivity contribution in [1.82, 2.24) is 0 Å². The Bertz CT molecular complexity index is 253. The Morgan fingerprint density at radius 2 is 1.21 bits per heavy atom. The second kappa shape index (κ2) is 3.18. The Morgan fingerprint density at radius 3 is 1.43 bits per heavy atom. The van der Waals surface area contributed by atoms with Crippen LogP contribution in [0.5, 0.6) is 0 Å². The molecular formula is C8H14N2O4. The molecule has 0 aliphatic heterocycles. The lowest BCUT2D eigenvalue weighted by Crippen LogP contribution is -2.61. The molecule has 0 aromatic heterocycles. The van der Waals surface area contributed by atoms with Crippen LogP contribution in [0, 0.1) is 20.2 Å². The van der Waals surface area contributed by atoms with Crippen molar-refractivity contribution >= 4 is 0 Å². The van der Waals surface area contributed by atoms with Crippen LogP contribution in [0.15, 0.2) is 0 Å². The van der Waals surface area contributed by atoms with Crippen molar-refractivity contribution < 1.29 is 9.85 Å². The number of rotatable bonds is 2. The molecule has 2 atom stereocenters. The monoisotopic (exact) mass is 202 g/mol. The molecule has 6 nitrogen and oxygen atoms in total. The summed E-state index contributed by atoms with van der Waals surface area (Å²) in [6.07, 6.45) is 1.97. The summed E-state index contributed by atoms with van der Waals surface area (Å²) in [5, 5.41) is 21.8. The minimum absolute atomic E-state index is 0.289. The Balaban J connectivity index is 3.12. The van der Waals surface area contributed by atoms with Gasteiger partial charge >= 0.3 is 0 Å². The van der Waals surface area contributed by atoms with Crippen molar-refractivity contribution in [2.75, 3.05) is 0 Å². The van der Waals surface area contributed by atoms with Crippen LogP contribution in [0.3, 0.4) is 0 Å². The maximum absolute atomic E-state index is 10.9. The zero-order valence-electron chi connectivity index (χ0n) is 8.36. The molecule has 1 aliphatic rings. The highest BCUT2D eigenvalue weighted by Gasteiger charge is 2.65. The molecule has 0 amide bonds. The number of hydrogen-bond acceptors (Lipinski definition) is 4. The molecule has 1 rings (SSSR count). The highest BCUT2D eigenvalue weighted by Crippen LogP contribution is 2.41. The minimum atomic E-state index is -1.42. The minimum Gasteiger partial charge on any atom is -0.264 e. The Kier molecular flexibility index (Phi) is 2.47. The smallest absolute Gasteiger partial charge is 0.264 e. The molecule has 1 saturated carbocycles. The fourth-order valence-electron chi connectivity index (χ4n) is 2.05. The first kappa shape index (κ1) is 10.9. The lowest BCUT2D eigenvalue weighted by atomic mass is 9.69. The van der Waals surface area contributed by atoms with Gasteiger partial charge in [0.05, 0.1) is 0 Å². The third-order valence-corrected chi connectivity index (χ3v) is 3.54. The SMILES string of the molecule is CC1([N+](=O)[O-])CCCCC1(C)[N+](=O)[O-]. The summed E-state index contributed by atoms with van der Waals surface area (Å²) in [7, 11) is 0. The summed E-state index contributed by atoms with van der Waals surface area (Å²) in [6, 6.07) is 0. The van der Waals surface area contributed by atoms with E-state index < -0.39 is 20.9 Å². The maximum atomic E-state index is 10.9. The van der Waals surface area contributed by atoms with E-state index in [0.29, 0.717) is 12.8 Å². The molecule has 0 radical (unpaired) electrons. The van der Waals surface area contributed by atoms with Crippen LogP contribution in [0.1, 0.15) is 39.5 Å². The molecular weight excluding hydrogens is 188 g/mol. The van der Waals surface area contributed by atoms with Crippen LogP contribution in [0.25, 0.3) is 0 Å².